The van der Waals surface area contributed by atoms with Crippen LogP contribution in [0.2, 0.25) is 0 Å². The molecule has 1 aliphatic heterocycles. The molecular formula is C30H24N2S. The second-order valence-electron chi connectivity index (χ2n) is 8.71. The third kappa shape index (κ3) is 3.28. The zero-order valence-corrected chi connectivity index (χ0v) is 19.5. The SMILES string of the molecule is CS1(C)c2ccccc2-c2c(-c3ccccc3)nc(-c3cccc(-c4ccccc4)c3)nc21. The monoisotopic (exact) mass is 444 g/mol. The van der Waals surface area contributed by atoms with E-state index in [1.165, 1.54) is 32.2 Å². The number of rotatable bonds is 3. The predicted octanol–water partition coefficient (Wildman–Crippen LogP) is 7.94. The van der Waals surface area contributed by atoms with Gasteiger partial charge in [0.1, 0.15) is 0 Å². The summed E-state index contributed by atoms with van der Waals surface area (Å²) < 4.78 is 0. The fraction of sp³-hybridized carbons (Fsp3) is 0.0667. The van der Waals surface area contributed by atoms with Crippen LogP contribution >= 0.6 is 10.0 Å². The molecule has 0 spiro atoms. The van der Waals surface area contributed by atoms with Crippen molar-refractivity contribution in [3.05, 3.63) is 109 Å². The first kappa shape index (κ1) is 20.0. The van der Waals surface area contributed by atoms with Crippen LogP contribution in [-0.4, -0.2) is 22.5 Å². The maximum atomic E-state index is 5.24. The fourth-order valence-electron chi connectivity index (χ4n) is 4.68. The van der Waals surface area contributed by atoms with E-state index in [2.05, 4.69) is 116 Å². The molecular weight excluding hydrogens is 420 g/mol. The highest BCUT2D eigenvalue weighted by Crippen LogP contribution is 2.67. The Morgan fingerprint density at radius 1 is 0.545 bits per heavy atom. The van der Waals surface area contributed by atoms with E-state index in [4.69, 9.17) is 9.97 Å². The first-order valence-electron chi connectivity index (χ1n) is 11.1. The van der Waals surface area contributed by atoms with E-state index < -0.39 is 10.0 Å². The number of fused-ring (bicyclic) bond motifs is 3. The van der Waals surface area contributed by atoms with Crippen molar-refractivity contribution in [2.75, 3.05) is 12.5 Å². The second kappa shape index (κ2) is 7.72. The highest BCUT2D eigenvalue weighted by atomic mass is 32.3. The predicted molar refractivity (Wildman–Crippen MR) is 140 cm³/mol. The number of benzene rings is 4. The van der Waals surface area contributed by atoms with Crippen molar-refractivity contribution in [2.45, 2.75) is 9.92 Å². The standard InChI is InChI=1S/C30H24N2S/c1-33(2)26-19-10-9-18-25(26)27-28(22-14-7-4-8-15-22)31-29(32-30(27)33)24-17-11-16-23(20-24)21-12-5-3-6-13-21/h3-20H,1-2H3. The molecule has 2 heterocycles. The van der Waals surface area contributed by atoms with Crippen LogP contribution in [0, 0.1) is 0 Å². The molecule has 6 rings (SSSR count). The average Bonchev–Trinajstić information content (AvgIpc) is 3.12. The van der Waals surface area contributed by atoms with Gasteiger partial charge in [0.15, 0.2) is 5.82 Å². The zero-order valence-electron chi connectivity index (χ0n) is 18.7. The van der Waals surface area contributed by atoms with Crippen LogP contribution in [0.25, 0.3) is 44.9 Å². The van der Waals surface area contributed by atoms with Crippen molar-refractivity contribution < 1.29 is 0 Å². The van der Waals surface area contributed by atoms with Gasteiger partial charge in [0.05, 0.1) is 10.7 Å². The van der Waals surface area contributed by atoms with Crippen LogP contribution in [-0.2, 0) is 0 Å². The molecule has 0 fully saturated rings. The third-order valence-electron chi connectivity index (χ3n) is 6.34. The summed E-state index contributed by atoms with van der Waals surface area (Å²) in [5.74, 6) is 0.791. The molecule has 0 atom stereocenters. The van der Waals surface area contributed by atoms with Crippen molar-refractivity contribution in [1.82, 2.24) is 9.97 Å². The molecule has 2 nitrogen and oxygen atoms in total. The van der Waals surface area contributed by atoms with Gasteiger partial charge in [0.2, 0.25) is 0 Å². The highest BCUT2D eigenvalue weighted by molar-refractivity contribution is 8.33. The average molecular weight is 445 g/mol. The first-order chi connectivity index (χ1) is 16.1. The van der Waals surface area contributed by atoms with Crippen LogP contribution in [0.15, 0.2) is 119 Å². The smallest absolute Gasteiger partial charge is 0.161 e. The van der Waals surface area contributed by atoms with Crippen molar-refractivity contribution in [3.8, 4) is 44.9 Å². The minimum Gasteiger partial charge on any atom is -0.227 e. The summed E-state index contributed by atoms with van der Waals surface area (Å²) >= 11 is 0. The van der Waals surface area contributed by atoms with Crippen LogP contribution in [0.4, 0.5) is 0 Å². The largest absolute Gasteiger partial charge is 0.227 e. The maximum Gasteiger partial charge on any atom is 0.161 e. The number of aromatic nitrogens is 2. The number of hydrogen-bond acceptors (Lipinski definition) is 2. The molecule has 5 aromatic rings. The molecule has 1 aromatic heterocycles. The van der Waals surface area contributed by atoms with Gasteiger partial charge < -0.3 is 0 Å². The maximum absolute atomic E-state index is 5.24. The molecule has 0 N–H and O–H groups in total. The van der Waals surface area contributed by atoms with Crippen LogP contribution in [0.3, 0.4) is 0 Å². The summed E-state index contributed by atoms with van der Waals surface area (Å²) in [4.78, 5) is 11.8. The van der Waals surface area contributed by atoms with Gasteiger partial charge >= 0.3 is 0 Å². The molecule has 0 unspecified atom stereocenters. The summed E-state index contributed by atoms with van der Waals surface area (Å²) in [6.45, 7) is 0. The third-order valence-corrected chi connectivity index (χ3v) is 9.06. The molecule has 0 saturated carbocycles. The molecule has 0 aliphatic carbocycles. The van der Waals surface area contributed by atoms with Gasteiger partial charge in [-0.3, -0.25) is 0 Å². The Morgan fingerprint density at radius 3 is 1.91 bits per heavy atom. The molecule has 160 valence electrons. The van der Waals surface area contributed by atoms with Crippen LogP contribution in [0.5, 0.6) is 0 Å². The van der Waals surface area contributed by atoms with E-state index in [1.807, 2.05) is 6.07 Å². The Labute approximate surface area is 196 Å². The summed E-state index contributed by atoms with van der Waals surface area (Å²) in [7, 11) is -1.24. The zero-order chi connectivity index (χ0) is 22.4. The van der Waals surface area contributed by atoms with Gasteiger partial charge in [-0.05, 0) is 41.3 Å². The molecule has 3 heteroatoms. The lowest BCUT2D eigenvalue weighted by Crippen LogP contribution is -2.01. The molecule has 4 aromatic carbocycles. The van der Waals surface area contributed by atoms with Gasteiger partial charge in [-0.2, -0.15) is 10.0 Å². The normalized spacial score (nSPS) is 14.4. The molecule has 0 radical (unpaired) electrons. The van der Waals surface area contributed by atoms with Gasteiger partial charge in [-0.15, -0.1) is 0 Å². The topological polar surface area (TPSA) is 25.8 Å². The first-order valence-corrected chi connectivity index (χ1v) is 13.5. The quantitative estimate of drug-likeness (QED) is 0.264. The van der Waals surface area contributed by atoms with E-state index in [0.29, 0.717) is 0 Å². The summed E-state index contributed by atoms with van der Waals surface area (Å²) in [6, 6.07) is 38.3. The van der Waals surface area contributed by atoms with Crippen LogP contribution in [0.1, 0.15) is 0 Å². The minimum absolute atomic E-state index is 0.791. The fourth-order valence-corrected chi connectivity index (χ4v) is 7.06. The lowest BCUT2D eigenvalue weighted by atomic mass is 10.00. The van der Waals surface area contributed by atoms with E-state index in [9.17, 15) is 0 Å². The van der Waals surface area contributed by atoms with Crippen molar-refractivity contribution in [2.24, 2.45) is 0 Å². The van der Waals surface area contributed by atoms with E-state index in [1.54, 1.807) is 0 Å². The van der Waals surface area contributed by atoms with E-state index in [-0.39, 0.29) is 0 Å². The van der Waals surface area contributed by atoms with Gasteiger partial charge in [0.25, 0.3) is 0 Å². The Balaban J connectivity index is 1.61. The van der Waals surface area contributed by atoms with Crippen molar-refractivity contribution >= 4 is 10.0 Å². The van der Waals surface area contributed by atoms with E-state index in [0.717, 1.165) is 22.6 Å². The number of hydrogen-bond donors (Lipinski definition) is 0. The molecule has 0 saturated heterocycles. The Bertz CT molecular complexity index is 1470. The van der Waals surface area contributed by atoms with E-state index >= 15 is 0 Å². The second-order valence-corrected chi connectivity index (χ2v) is 12.2. The molecule has 0 amide bonds. The minimum atomic E-state index is -1.24. The lowest BCUT2D eigenvalue weighted by molar-refractivity contribution is 1.07. The number of nitrogens with zero attached hydrogens (tertiary/aromatic N) is 2. The van der Waals surface area contributed by atoms with Crippen molar-refractivity contribution in [1.29, 1.82) is 0 Å². The van der Waals surface area contributed by atoms with Gasteiger partial charge in [-0.25, -0.2) is 9.97 Å². The van der Waals surface area contributed by atoms with Gasteiger partial charge in [-0.1, -0.05) is 97.1 Å². The summed E-state index contributed by atoms with van der Waals surface area (Å²) in [6.07, 6.45) is 4.70. The Morgan fingerprint density at radius 2 is 1.15 bits per heavy atom. The van der Waals surface area contributed by atoms with Crippen molar-refractivity contribution in [3.63, 3.8) is 0 Å². The molecule has 0 bridgehead atoms. The van der Waals surface area contributed by atoms with Crippen LogP contribution < -0.4 is 0 Å². The summed E-state index contributed by atoms with van der Waals surface area (Å²) in [5, 5.41) is 1.18. The molecule has 33 heavy (non-hydrogen) atoms. The molecule has 1 aliphatic rings. The summed E-state index contributed by atoms with van der Waals surface area (Å²) in [5.41, 5.74) is 8.03. The Kier molecular flexibility index (Phi) is 4.67. The highest BCUT2D eigenvalue weighted by Gasteiger charge is 2.36. The van der Waals surface area contributed by atoms with Gasteiger partial charge in [0, 0.05) is 21.6 Å². The Hall–Kier alpha value is -3.69. The lowest BCUT2D eigenvalue weighted by Gasteiger charge is -2.27.